The van der Waals surface area contributed by atoms with Gasteiger partial charge in [-0.05, 0) is 43.0 Å². The minimum absolute atomic E-state index is 0.195. The fraction of sp³-hybridized carbons (Fsp3) is 0.273. The number of hydrogen-bond donors (Lipinski definition) is 4. The molecule has 1 aromatic carbocycles. The molecule has 0 saturated heterocycles. The third kappa shape index (κ3) is 12.5. The molecule has 0 radical (unpaired) electrons. The normalized spacial score (nSPS) is 7.71. The van der Waals surface area contributed by atoms with Crippen LogP contribution in [0.25, 0.3) is 0 Å². The second kappa shape index (κ2) is 11.1. The molecule has 0 unspecified atom stereocenters. The number of thiocarbonyl (C=S) groups is 2. The van der Waals surface area contributed by atoms with Gasteiger partial charge in [0, 0.05) is 5.69 Å². The molecule has 0 saturated carbocycles. The molecule has 1 rings (SSSR count). The van der Waals surface area contributed by atoms with Gasteiger partial charge >= 0.3 is 0 Å². The van der Waals surface area contributed by atoms with Gasteiger partial charge < -0.3 is 21.3 Å². The predicted octanol–water partition coefficient (Wildman–Crippen LogP) is 3.06. The molecule has 4 nitrogen and oxygen atoms in total. The second-order valence-electron chi connectivity index (χ2n) is 2.58. The number of nitrogens with one attached hydrogen (secondary N) is 1. The lowest BCUT2D eigenvalue weighted by atomic mass is 10.2. The average Bonchev–Trinajstić information content (AvgIpc) is 2.23. The molecule has 0 aromatic heterocycles. The van der Waals surface area contributed by atoms with Gasteiger partial charge in [-0.3, -0.25) is 0 Å². The van der Waals surface area contributed by atoms with Crippen LogP contribution in [0.5, 0.6) is 0 Å². The number of benzene rings is 1. The summed E-state index contributed by atoms with van der Waals surface area (Å²) >= 11 is 8.35. The van der Waals surface area contributed by atoms with Crippen molar-refractivity contribution < 1.29 is 10.2 Å². The van der Waals surface area contributed by atoms with Gasteiger partial charge in [0.25, 0.3) is 10.3 Å². The van der Waals surface area contributed by atoms with Crippen molar-refractivity contribution in [2.75, 3.05) is 5.32 Å². The van der Waals surface area contributed by atoms with Crippen molar-refractivity contribution in [3.63, 3.8) is 0 Å². The van der Waals surface area contributed by atoms with E-state index >= 15 is 0 Å². The Morgan fingerprint density at radius 3 is 1.94 bits per heavy atom. The Kier molecular flexibility index (Phi) is 11.7. The van der Waals surface area contributed by atoms with E-state index in [0.717, 1.165) is 11.3 Å². The van der Waals surface area contributed by atoms with E-state index in [1.165, 1.54) is 0 Å². The number of para-hydroxylation sites is 1. The second-order valence-corrected chi connectivity index (χ2v) is 3.39. The lowest BCUT2D eigenvalue weighted by Gasteiger charge is -2.04. The maximum Gasteiger partial charge on any atom is 0.258 e. The number of aliphatic hydroxyl groups is 2. The zero-order valence-corrected chi connectivity index (χ0v) is 11.7. The van der Waals surface area contributed by atoms with Gasteiger partial charge in [-0.1, -0.05) is 32.0 Å². The SMILES string of the molecule is CC.Cc1ccccc1NC(O)=S.NC(O)=S. The molecule has 6 heteroatoms. The van der Waals surface area contributed by atoms with Crippen LogP contribution in [0.2, 0.25) is 0 Å². The molecule has 0 bridgehead atoms. The Morgan fingerprint density at radius 2 is 1.59 bits per heavy atom. The summed E-state index contributed by atoms with van der Waals surface area (Å²) in [5.41, 5.74) is 6.30. The zero-order chi connectivity index (χ0) is 13.8. The van der Waals surface area contributed by atoms with Crippen LogP contribution < -0.4 is 11.1 Å². The summed E-state index contributed by atoms with van der Waals surface area (Å²) in [7, 11) is 0. The number of nitrogens with two attached hydrogens (primary N) is 1. The van der Waals surface area contributed by atoms with E-state index in [1.807, 2.05) is 45.0 Å². The first-order valence-electron chi connectivity index (χ1n) is 4.97. The van der Waals surface area contributed by atoms with Crippen molar-refractivity contribution in [3.8, 4) is 0 Å². The molecular formula is C11H18N2O2S2. The third-order valence-electron chi connectivity index (χ3n) is 1.39. The van der Waals surface area contributed by atoms with Crippen LogP contribution in [0.15, 0.2) is 24.3 Å². The van der Waals surface area contributed by atoms with Crippen LogP contribution in [0.4, 0.5) is 5.69 Å². The van der Waals surface area contributed by atoms with Gasteiger partial charge in [0.1, 0.15) is 0 Å². The molecule has 96 valence electrons. The maximum absolute atomic E-state index is 8.75. The van der Waals surface area contributed by atoms with E-state index in [2.05, 4.69) is 35.5 Å². The number of aryl methyl sites for hydroxylation is 1. The van der Waals surface area contributed by atoms with E-state index in [1.54, 1.807) is 0 Å². The fourth-order valence-corrected chi connectivity index (χ4v) is 0.938. The molecule has 5 N–H and O–H groups in total. The summed E-state index contributed by atoms with van der Waals surface area (Å²) in [6.07, 6.45) is 0. The van der Waals surface area contributed by atoms with E-state index in [9.17, 15) is 0 Å². The quantitative estimate of drug-likeness (QED) is 0.590. The Bertz CT molecular complexity index is 353. The summed E-state index contributed by atoms with van der Waals surface area (Å²) < 4.78 is 0. The lowest BCUT2D eigenvalue weighted by Crippen LogP contribution is -2.07. The smallest absolute Gasteiger partial charge is 0.258 e. The molecule has 0 atom stereocenters. The maximum atomic E-state index is 8.75. The first-order valence-corrected chi connectivity index (χ1v) is 5.79. The minimum Gasteiger partial charge on any atom is -0.487 e. The molecule has 0 spiro atoms. The van der Waals surface area contributed by atoms with Gasteiger partial charge in [0.15, 0.2) is 0 Å². The Morgan fingerprint density at radius 1 is 1.18 bits per heavy atom. The van der Waals surface area contributed by atoms with E-state index < -0.39 is 5.17 Å². The summed E-state index contributed by atoms with van der Waals surface area (Å²) in [5.74, 6) is 0. The zero-order valence-electron chi connectivity index (χ0n) is 10.1. The summed E-state index contributed by atoms with van der Waals surface area (Å²) in [6.45, 7) is 5.95. The Labute approximate surface area is 112 Å². The molecule has 17 heavy (non-hydrogen) atoms. The molecule has 0 heterocycles. The number of aliphatic hydroxyl groups excluding tert-OH is 2. The highest BCUT2D eigenvalue weighted by Gasteiger charge is 1.95. The highest BCUT2D eigenvalue weighted by molar-refractivity contribution is 7.80. The third-order valence-corrected chi connectivity index (χ3v) is 1.49. The molecule has 0 fully saturated rings. The number of hydrogen-bond acceptors (Lipinski definition) is 2. The Balaban J connectivity index is 0. The lowest BCUT2D eigenvalue weighted by molar-refractivity contribution is 0.560. The average molecular weight is 274 g/mol. The summed E-state index contributed by atoms with van der Waals surface area (Å²) in [6, 6.07) is 7.62. The van der Waals surface area contributed by atoms with Crippen molar-refractivity contribution in [2.45, 2.75) is 20.8 Å². The predicted molar refractivity (Wildman–Crippen MR) is 80.8 cm³/mol. The summed E-state index contributed by atoms with van der Waals surface area (Å²) in [5, 5.41) is 18.3. The Hall–Kier alpha value is -1.40. The molecule has 0 amide bonds. The number of rotatable bonds is 1. The highest BCUT2D eigenvalue weighted by Crippen LogP contribution is 2.12. The first kappa shape index (κ1) is 18.0. The topological polar surface area (TPSA) is 78.5 Å². The van der Waals surface area contributed by atoms with Crippen molar-refractivity contribution in [3.05, 3.63) is 29.8 Å². The molecule has 0 aliphatic rings. The van der Waals surface area contributed by atoms with Gasteiger partial charge in [-0.2, -0.15) is 0 Å². The van der Waals surface area contributed by atoms with E-state index in [-0.39, 0.29) is 5.17 Å². The van der Waals surface area contributed by atoms with E-state index in [4.69, 9.17) is 10.2 Å². The summed E-state index contributed by atoms with van der Waals surface area (Å²) in [4.78, 5) is 0. The highest BCUT2D eigenvalue weighted by atomic mass is 32.1. The monoisotopic (exact) mass is 274 g/mol. The fourth-order valence-electron chi connectivity index (χ4n) is 0.828. The van der Waals surface area contributed by atoms with Crippen LogP contribution in [0, 0.1) is 6.92 Å². The largest absolute Gasteiger partial charge is 0.487 e. The standard InChI is InChI=1S/C8H9NOS.C2H6.CH3NOS/c1-6-4-2-3-5-7(6)9-8(10)11;1-2;2-1(3)4/h2-5H,1H3,(H2,9,10,11);1-2H3;(H3,2,3,4). The van der Waals surface area contributed by atoms with Gasteiger partial charge in [0.2, 0.25) is 0 Å². The van der Waals surface area contributed by atoms with Crippen LogP contribution in [-0.2, 0) is 0 Å². The number of anilines is 1. The van der Waals surface area contributed by atoms with Crippen LogP contribution >= 0.6 is 24.4 Å². The van der Waals surface area contributed by atoms with E-state index in [0.29, 0.717) is 0 Å². The van der Waals surface area contributed by atoms with Crippen LogP contribution in [0.1, 0.15) is 19.4 Å². The van der Waals surface area contributed by atoms with Crippen molar-refractivity contribution in [1.29, 1.82) is 0 Å². The van der Waals surface area contributed by atoms with Gasteiger partial charge in [0.05, 0.1) is 0 Å². The van der Waals surface area contributed by atoms with Crippen LogP contribution in [-0.4, -0.2) is 20.6 Å². The molecule has 0 aliphatic heterocycles. The van der Waals surface area contributed by atoms with Crippen molar-refractivity contribution in [2.24, 2.45) is 5.73 Å². The molecule has 1 aromatic rings. The first-order chi connectivity index (χ1) is 7.93. The molecule has 0 aliphatic carbocycles. The van der Waals surface area contributed by atoms with Gasteiger partial charge in [-0.15, -0.1) is 0 Å². The van der Waals surface area contributed by atoms with Crippen molar-refractivity contribution >= 4 is 40.5 Å². The van der Waals surface area contributed by atoms with Crippen molar-refractivity contribution in [1.82, 2.24) is 0 Å². The minimum atomic E-state index is -0.500. The van der Waals surface area contributed by atoms with Crippen LogP contribution in [0.3, 0.4) is 0 Å². The molecular weight excluding hydrogens is 256 g/mol. The van der Waals surface area contributed by atoms with Gasteiger partial charge in [-0.25, -0.2) is 0 Å².